The zero-order valence-corrected chi connectivity index (χ0v) is 24.6. The van der Waals surface area contributed by atoms with Gasteiger partial charge in [0.15, 0.2) is 5.78 Å². The zero-order valence-electron chi connectivity index (χ0n) is 23.8. The molecule has 1 aromatic heterocycles. The molecular formula is C33H31ClN2O7. The van der Waals surface area contributed by atoms with Gasteiger partial charge in [-0.25, -0.2) is 9.59 Å². The molecule has 43 heavy (non-hydrogen) atoms. The zero-order chi connectivity index (χ0) is 30.7. The Hall–Kier alpha value is -4.50. The first kappa shape index (κ1) is 30.0. The van der Waals surface area contributed by atoms with Gasteiger partial charge in [0.25, 0.3) is 0 Å². The van der Waals surface area contributed by atoms with Crippen molar-refractivity contribution >= 4 is 62.1 Å². The molecule has 1 fully saturated rings. The van der Waals surface area contributed by atoms with Gasteiger partial charge in [0, 0.05) is 69.5 Å². The van der Waals surface area contributed by atoms with Crippen molar-refractivity contribution < 1.29 is 33.9 Å². The van der Waals surface area contributed by atoms with Crippen molar-refractivity contribution in [1.82, 2.24) is 4.57 Å². The van der Waals surface area contributed by atoms with Crippen molar-refractivity contribution in [3.8, 4) is 5.75 Å². The summed E-state index contributed by atoms with van der Waals surface area (Å²) < 4.78 is 6.98. The summed E-state index contributed by atoms with van der Waals surface area (Å²) in [7, 11) is 0. The Morgan fingerprint density at radius 2 is 1.56 bits per heavy atom. The minimum absolute atomic E-state index is 0.0804. The van der Waals surface area contributed by atoms with E-state index < -0.39 is 11.4 Å². The lowest BCUT2D eigenvalue weighted by molar-refractivity contribution is -0.140. The summed E-state index contributed by atoms with van der Waals surface area (Å²) in [6.45, 7) is 4.13. The Kier molecular flexibility index (Phi) is 8.92. The maximum Gasteiger partial charge on any atom is 0.403 e. The van der Waals surface area contributed by atoms with E-state index in [-0.39, 0.29) is 41.5 Å². The molecule has 10 heteroatoms. The third-order valence-corrected chi connectivity index (χ3v) is 8.12. The van der Waals surface area contributed by atoms with E-state index in [4.69, 9.17) is 21.2 Å². The number of hydrogen-bond donors (Lipinski definition) is 1. The monoisotopic (exact) mass is 602 g/mol. The minimum Gasteiger partial charge on any atom is -0.508 e. The molecule has 0 saturated heterocycles. The van der Waals surface area contributed by atoms with Crippen LogP contribution in [0.4, 0.5) is 4.79 Å². The van der Waals surface area contributed by atoms with Crippen LogP contribution in [0, 0.1) is 11.8 Å². The van der Waals surface area contributed by atoms with Crippen molar-refractivity contribution in [2.45, 2.75) is 46.1 Å². The van der Waals surface area contributed by atoms with Crippen LogP contribution in [0.15, 0.2) is 65.8 Å². The van der Waals surface area contributed by atoms with E-state index in [1.165, 1.54) is 19.1 Å². The van der Waals surface area contributed by atoms with Crippen LogP contribution in [-0.2, 0) is 20.9 Å². The van der Waals surface area contributed by atoms with Gasteiger partial charge in [0.2, 0.25) is 5.78 Å². The van der Waals surface area contributed by atoms with Crippen LogP contribution in [0.1, 0.15) is 65.8 Å². The summed E-state index contributed by atoms with van der Waals surface area (Å²) in [5, 5.41) is 15.2. The summed E-state index contributed by atoms with van der Waals surface area (Å²) in [6, 6.07) is 17.1. The van der Waals surface area contributed by atoms with Crippen molar-refractivity contribution in [2.24, 2.45) is 17.0 Å². The van der Waals surface area contributed by atoms with Crippen LogP contribution >= 0.6 is 11.6 Å². The first-order valence-corrected chi connectivity index (χ1v) is 14.6. The van der Waals surface area contributed by atoms with E-state index in [1.807, 2.05) is 25.1 Å². The second-order valence-corrected chi connectivity index (χ2v) is 11.0. The number of rotatable bonds is 10. The maximum absolute atomic E-state index is 13.9. The van der Waals surface area contributed by atoms with Gasteiger partial charge in [0.05, 0.1) is 6.61 Å². The Morgan fingerprint density at radius 3 is 2.19 bits per heavy atom. The molecule has 0 bridgehead atoms. The van der Waals surface area contributed by atoms with Gasteiger partial charge in [-0.2, -0.15) is 0 Å². The van der Waals surface area contributed by atoms with Crippen LogP contribution in [0.2, 0.25) is 0 Å². The molecule has 1 saturated carbocycles. The lowest BCUT2D eigenvalue weighted by Gasteiger charge is -2.13. The fraction of sp³-hybridized carbons (Fsp3) is 0.303. The molecule has 9 nitrogen and oxygen atoms in total. The van der Waals surface area contributed by atoms with Crippen LogP contribution in [0.3, 0.4) is 0 Å². The van der Waals surface area contributed by atoms with Gasteiger partial charge in [-0.05, 0) is 99.2 Å². The second-order valence-electron chi connectivity index (χ2n) is 10.7. The first-order chi connectivity index (χ1) is 20.7. The highest BCUT2D eigenvalue weighted by Gasteiger charge is 2.33. The average Bonchev–Trinajstić information content (AvgIpc) is 3.58. The summed E-state index contributed by atoms with van der Waals surface area (Å²) in [4.78, 5) is 54.6. The van der Waals surface area contributed by atoms with E-state index >= 15 is 0 Å². The summed E-state index contributed by atoms with van der Waals surface area (Å²) in [5.74, 6) is -1.09. The van der Waals surface area contributed by atoms with E-state index in [1.54, 1.807) is 30.3 Å². The molecule has 1 heterocycles. The molecule has 222 valence electrons. The molecule has 0 spiro atoms. The largest absolute Gasteiger partial charge is 0.508 e. The Morgan fingerprint density at radius 1 is 0.930 bits per heavy atom. The molecule has 2 unspecified atom stereocenters. The van der Waals surface area contributed by atoms with Crippen molar-refractivity contribution in [1.29, 1.82) is 0 Å². The number of aryl methyl sites for hydroxylation is 1. The van der Waals surface area contributed by atoms with Gasteiger partial charge >= 0.3 is 11.4 Å². The molecule has 3 aromatic carbocycles. The quantitative estimate of drug-likeness (QED) is 0.0679. The molecule has 1 aliphatic rings. The number of nitrogens with zero attached hydrogens (tertiary/aromatic N) is 2. The number of aromatic nitrogens is 1. The SMILES string of the molecule is CCn1c2ccc(C(=O)/C(=N\OC(C)=O)C3CCC(CCOC(=O)Cl)C3)cc2c2cc(C(=O)c3ccc(O)cc3)ccc21. The lowest BCUT2D eigenvalue weighted by Crippen LogP contribution is -2.24. The Balaban J connectivity index is 1.50. The summed E-state index contributed by atoms with van der Waals surface area (Å²) in [6.07, 6.45) is 2.71. The normalized spacial score (nSPS) is 16.9. The lowest BCUT2D eigenvalue weighted by atomic mass is 9.92. The van der Waals surface area contributed by atoms with Crippen molar-refractivity contribution in [3.05, 3.63) is 77.4 Å². The standard InChI is InChI=1S/C33H31ClN2O7/c1-3-36-28-12-8-23(31(39)21-6-10-25(38)11-7-21)17-26(28)27-18-24(9-13-29(27)36)32(40)30(35-43-19(2)37)22-5-4-20(16-22)14-15-42-33(34)41/h6-13,17-18,20,22,38H,3-5,14-16H2,1-2H3/b35-30-. The molecule has 0 aliphatic heterocycles. The number of oxime groups is 1. The number of halogens is 1. The molecule has 1 N–H and O–H groups in total. The highest BCUT2D eigenvalue weighted by Crippen LogP contribution is 2.36. The highest BCUT2D eigenvalue weighted by atomic mass is 35.5. The smallest absolute Gasteiger partial charge is 0.403 e. The number of carbonyl (C=O) groups excluding carboxylic acids is 4. The second kappa shape index (κ2) is 12.8. The molecule has 1 aliphatic carbocycles. The van der Waals surface area contributed by atoms with Gasteiger partial charge in [-0.15, -0.1) is 0 Å². The molecule has 4 aromatic rings. The van der Waals surface area contributed by atoms with Crippen LogP contribution in [0.25, 0.3) is 21.8 Å². The van der Waals surface area contributed by atoms with Gasteiger partial charge in [-0.1, -0.05) is 5.16 Å². The van der Waals surface area contributed by atoms with Crippen LogP contribution in [-0.4, -0.2) is 45.0 Å². The number of phenolic OH excluding ortho intramolecular Hbond substituents is 1. The van der Waals surface area contributed by atoms with Crippen LogP contribution in [0.5, 0.6) is 5.75 Å². The molecule has 0 amide bonds. The predicted octanol–water partition coefficient (Wildman–Crippen LogP) is 7.03. The number of fused-ring (bicyclic) bond motifs is 3. The highest BCUT2D eigenvalue weighted by molar-refractivity contribution is 6.61. The number of Topliss-reactive ketones (excluding diaryl/α,β-unsaturated/α-hetero) is 1. The molecule has 0 radical (unpaired) electrons. The van der Waals surface area contributed by atoms with Crippen molar-refractivity contribution in [3.63, 3.8) is 0 Å². The average molecular weight is 603 g/mol. The Labute approximate surface area is 253 Å². The fourth-order valence-electron chi connectivity index (χ4n) is 5.96. The number of aromatic hydroxyl groups is 1. The van der Waals surface area contributed by atoms with E-state index in [2.05, 4.69) is 9.72 Å². The van der Waals surface area contributed by atoms with E-state index in [0.29, 0.717) is 42.5 Å². The van der Waals surface area contributed by atoms with E-state index in [9.17, 15) is 24.3 Å². The number of hydrogen-bond acceptors (Lipinski definition) is 8. The maximum atomic E-state index is 13.9. The van der Waals surface area contributed by atoms with Gasteiger partial charge in [0.1, 0.15) is 11.5 Å². The van der Waals surface area contributed by atoms with E-state index in [0.717, 1.165) is 28.2 Å². The summed E-state index contributed by atoms with van der Waals surface area (Å²) >= 11 is 5.27. The molecule has 5 rings (SSSR count). The van der Waals surface area contributed by atoms with Crippen LogP contribution < -0.4 is 0 Å². The Bertz CT molecular complexity index is 1760. The topological polar surface area (TPSA) is 124 Å². The molecule has 2 atom stereocenters. The van der Waals surface area contributed by atoms with Gasteiger partial charge < -0.3 is 19.2 Å². The third-order valence-electron chi connectivity index (χ3n) is 8.01. The number of carbonyl (C=O) groups is 4. The number of ether oxygens (including phenoxy) is 1. The number of phenols is 1. The van der Waals surface area contributed by atoms with Crippen molar-refractivity contribution in [2.75, 3.05) is 6.61 Å². The first-order valence-electron chi connectivity index (χ1n) is 14.2. The number of benzene rings is 3. The number of ketones is 2. The van der Waals surface area contributed by atoms with Gasteiger partial charge in [-0.3, -0.25) is 9.59 Å². The fourth-order valence-corrected chi connectivity index (χ4v) is 6.04. The third kappa shape index (κ3) is 6.46. The predicted molar refractivity (Wildman–Crippen MR) is 163 cm³/mol. The molecular weight excluding hydrogens is 572 g/mol. The minimum atomic E-state index is -0.849. The summed E-state index contributed by atoms with van der Waals surface area (Å²) in [5.41, 5.74) is 2.50.